The Morgan fingerprint density at radius 3 is 2.26 bits per heavy atom. The summed E-state index contributed by atoms with van der Waals surface area (Å²) in [4.78, 5) is 12.2. The lowest BCUT2D eigenvalue weighted by molar-refractivity contribution is -0.128. The van der Waals surface area contributed by atoms with Crippen molar-refractivity contribution in [1.29, 1.82) is 0 Å². The van der Waals surface area contributed by atoms with Crippen molar-refractivity contribution < 1.29 is 19.0 Å². The molecule has 4 nitrogen and oxygen atoms in total. The molecule has 160 valence electrons. The first-order chi connectivity index (χ1) is 14.9. The average Bonchev–Trinajstić information content (AvgIpc) is 2.75. The van der Waals surface area contributed by atoms with Crippen LogP contribution in [-0.4, -0.2) is 13.1 Å². The maximum atomic E-state index is 12.2. The van der Waals surface area contributed by atoms with E-state index in [4.69, 9.17) is 37.4 Å². The molecule has 0 amide bonds. The molecule has 6 heteroatoms. The molecular formula is C25H22Cl2O4. The summed E-state index contributed by atoms with van der Waals surface area (Å²) in [6.07, 6.45) is 3.02. The lowest BCUT2D eigenvalue weighted by atomic mass is 10.1. The van der Waals surface area contributed by atoms with Gasteiger partial charge in [-0.15, -0.1) is 0 Å². The second kappa shape index (κ2) is 10.4. The second-order valence-corrected chi connectivity index (χ2v) is 7.77. The van der Waals surface area contributed by atoms with E-state index in [1.165, 1.54) is 6.08 Å². The maximum absolute atomic E-state index is 12.2. The van der Waals surface area contributed by atoms with Gasteiger partial charge in [0.2, 0.25) is 0 Å². The Morgan fingerprint density at radius 1 is 0.935 bits per heavy atom. The molecule has 3 aromatic rings. The van der Waals surface area contributed by atoms with Crippen LogP contribution in [0.15, 0.2) is 60.7 Å². The molecule has 3 aromatic carbocycles. The Labute approximate surface area is 192 Å². The SMILES string of the molecule is COc1cc(/C=C/C(=O)Oc2cc(C)c(Cl)c(C)c2)ccc1OCc1ccc(Cl)cc1. The van der Waals surface area contributed by atoms with E-state index in [0.717, 1.165) is 22.3 Å². The van der Waals surface area contributed by atoms with Crippen molar-refractivity contribution in [2.45, 2.75) is 20.5 Å². The van der Waals surface area contributed by atoms with E-state index in [9.17, 15) is 4.79 Å². The fourth-order valence-corrected chi connectivity index (χ4v) is 3.16. The predicted octanol–water partition coefficient (Wildman–Crippen LogP) is 6.82. The van der Waals surface area contributed by atoms with E-state index in [-0.39, 0.29) is 0 Å². The summed E-state index contributed by atoms with van der Waals surface area (Å²) >= 11 is 12.1. The zero-order valence-electron chi connectivity index (χ0n) is 17.4. The molecule has 0 fully saturated rings. The highest BCUT2D eigenvalue weighted by Crippen LogP contribution is 2.30. The third kappa shape index (κ3) is 6.27. The Kier molecular flexibility index (Phi) is 7.61. The monoisotopic (exact) mass is 456 g/mol. The lowest BCUT2D eigenvalue weighted by Gasteiger charge is -2.11. The van der Waals surface area contributed by atoms with Crippen LogP contribution in [-0.2, 0) is 11.4 Å². The number of benzene rings is 3. The van der Waals surface area contributed by atoms with Gasteiger partial charge in [0, 0.05) is 16.1 Å². The van der Waals surface area contributed by atoms with Crippen LogP contribution in [0.3, 0.4) is 0 Å². The fraction of sp³-hybridized carbons (Fsp3) is 0.160. The number of hydrogen-bond acceptors (Lipinski definition) is 4. The molecule has 0 aliphatic heterocycles. The van der Waals surface area contributed by atoms with E-state index < -0.39 is 5.97 Å². The number of aryl methyl sites for hydroxylation is 2. The summed E-state index contributed by atoms with van der Waals surface area (Å²) < 4.78 is 16.7. The average molecular weight is 457 g/mol. The Bertz CT molecular complexity index is 1080. The molecule has 0 N–H and O–H groups in total. The number of carbonyl (C=O) groups excluding carboxylic acids is 1. The molecule has 0 aliphatic rings. The highest BCUT2D eigenvalue weighted by molar-refractivity contribution is 6.32. The molecule has 0 aromatic heterocycles. The minimum atomic E-state index is -0.483. The molecule has 0 atom stereocenters. The first kappa shape index (κ1) is 22.7. The van der Waals surface area contributed by atoms with E-state index in [1.807, 2.05) is 44.2 Å². The number of methoxy groups -OCH3 is 1. The third-order valence-electron chi connectivity index (χ3n) is 4.54. The Balaban J connectivity index is 1.65. The van der Waals surface area contributed by atoms with E-state index >= 15 is 0 Å². The van der Waals surface area contributed by atoms with Gasteiger partial charge in [-0.05, 0) is 78.6 Å². The Hall–Kier alpha value is -2.95. The van der Waals surface area contributed by atoms with Gasteiger partial charge in [-0.2, -0.15) is 0 Å². The van der Waals surface area contributed by atoms with Crippen LogP contribution in [0.2, 0.25) is 10.0 Å². The van der Waals surface area contributed by atoms with Gasteiger partial charge < -0.3 is 14.2 Å². The lowest BCUT2D eigenvalue weighted by Crippen LogP contribution is -2.04. The van der Waals surface area contributed by atoms with Gasteiger partial charge in [0.25, 0.3) is 0 Å². The molecule has 0 unspecified atom stereocenters. The van der Waals surface area contributed by atoms with Gasteiger partial charge in [-0.3, -0.25) is 0 Å². The number of esters is 1. The zero-order chi connectivity index (χ0) is 22.4. The van der Waals surface area contributed by atoms with Crippen LogP contribution in [0.25, 0.3) is 6.08 Å². The molecular weight excluding hydrogens is 435 g/mol. The molecule has 31 heavy (non-hydrogen) atoms. The summed E-state index contributed by atoms with van der Waals surface area (Å²) in [5.74, 6) is 1.14. The number of rotatable bonds is 7. The molecule has 0 aliphatic carbocycles. The van der Waals surface area contributed by atoms with Crippen LogP contribution >= 0.6 is 23.2 Å². The normalized spacial score (nSPS) is 10.9. The van der Waals surface area contributed by atoms with Crippen LogP contribution in [0.1, 0.15) is 22.3 Å². The van der Waals surface area contributed by atoms with E-state index in [1.54, 1.807) is 37.5 Å². The largest absolute Gasteiger partial charge is 0.493 e. The molecule has 0 spiro atoms. The summed E-state index contributed by atoms with van der Waals surface area (Å²) in [6.45, 7) is 4.12. The van der Waals surface area contributed by atoms with Crippen molar-refractivity contribution >= 4 is 35.2 Å². The fourth-order valence-electron chi connectivity index (χ4n) is 2.93. The summed E-state index contributed by atoms with van der Waals surface area (Å²) in [5.41, 5.74) is 3.47. The number of carbonyl (C=O) groups is 1. The van der Waals surface area contributed by atoms with Gasteiger partial charge in [0.05, 0.1) is 7.11 Å². The first-order valence-corrected chi connectivity index (χ1v) is 10.3. The second-order valence-electron chi connectivity index (χ2n) is 6.95. The van der Waals surface area contributed by atoms with Crippen LogP contribution in [0.4, 0.5) is 0 Å². The predicted molar refractivity (Wildman–Crippen MR) is 124 cm³/mol. The summed E-state index contributed by atoms with van der Waals surface area (Å²) in [5, 5.41) is 1.35. The van der Waals surface area contributed by atoms with Gasteiger partial charge in [-0.1, -0.05) is 41.4 Å². The van der Waals surface area contributed by atoms with Crippen molar-refractivity contribution in [3.05, 3.63) is 93.0 Å². The van der Waals surface area contributed by atoms with E-state index in [0.29, 0.717) is 33.9 Å². The summed E-state index contributed by atoms with van der Waals surface area (Å²) in [6, 6.07) is 16.3. The van der Waals surface area contributed by atoms with Crippen molar-refractivity contribution in [3.8, 4) is 17.2 Å². The quantitative estimate of drug-likeness (QED) is 0.222. The maximum Gasteiger partial charge on any atom is 0.336 e. The van der Waals surface area contributed by atoms with Crippen molar-refractivity contribution in [3.63, 3.8) is 0 Å². The molecule has 0 heterocycles. The van der Waals surface area contributed by atoms with E-state index in [2.05, 4.69) is 0 Å². The standard InChI is InChI=1S/C25H22Cl2O4/c1-16-12-21(13-17(2)25(16)27)31-24(28)11-7-18-6-10-22(23(14-18)29-3)30-15-19-4-8-20(26)9-5-19/h4-14H,15H2,1-3H3/b11-7+. The Morgan fingerprint density at radius 2 is 1.61 bits per heavy atom. The number of ether oxygens (including phenoxy) is 3. The number of halogens is 2. The van der Waals surface area contributed by atoms with Crippen molar-refractivity contribution in [1.82, 2.24) is 0 Å². The van der Waals surface area contributed by atoms with Crippen LogP contribution in [0.5, 0.6) is 17.2 Å². The highest BCUT2D eigenvalue weighted by Gasteiger charge is 2.08. The van der Waals surface area contributed by atoms with Gasteiger partial charge in [-0.25, -0.2) is 4.79 Å². The zero-order valence-corrected chi connectivity index (χ0v) is 19.0. The number of hydrogen-bond donors (Lipinski definition) is 0. The molecule has 3 rings (SSSR count). The van der Waals surface area contributed by atoms with Crippen LogP contribution in [0, 0.1) is 13.8 Å². The highest BCUT2D eigenvalue weighted by atomic mass is 35.5. The molecule has 0 saturated heterocycles. The minimum Gasteiger partial charge on any atom is -0.493 e. The smallest absolute Gasteiger partial charge is 0.336 e. The van der Waals surface area contributed by atoms with Crippen LogP contribution < -0.4 is 14.2 Å². The first-order valence-electron chi connectivity index (χ1n) is 9.57. The topological polar surface area (TPSA) is 44.8 Å². The third-order valence-corrected chi connectivity index (χ3v) is 5.38. The van der Waals surface area contributed by atoms with Crippen molar-refractivity contribution in [2.75, 3.05) is 7.11 Å². The van der Waals surface area contributed by atoms with Gasteiger partial charge in [0.1, 0.15) is 12.4 Å². The summed E-state index contributed by atoms with van der Waals surface area (Å²) in [7, 11) is 1.57. The molecule has 0 bridgehead atoms. The molecule has 0 saturated carbocycles. The molecule has 0 radical (unpaired) electrons. The van der Waals surface area contributed by atoms with Gasteiger partial charge in [0.15, 0.2) is 11.5 Å². The van der Waals surface area contributed by atoms with Crippen molar-refractivity contribution in [2.24, 2.45) is 0 Å². The minimum absolute atomic E-state index is 0.384. The van der Waals surface area contributed by atoms with Gasteiger partial charge >= 0.3 is 5.97 Å².